The number of allylic oxidation sites excluding steroid dienone is 2. The third-order valence-corrected chi connectivity index (χ3v) is 1.85. The van der Waals surface area contributed by atoms with Crippen LogP contribution < -0.4 is 4.99 Å². The molecular formula is C12H25N3Sr+2. The van der Waals surface area contributed by atoms with Crippen molar-refractivity contribution in [3.63, 3.8) is 0 Å². The maximum Gasteiger partial charge on any atom is 2.00 e. The molecule has 0 fully saturated rings. The molecule has 16 heavy (non-hydrogen) atoms. The first-order valence-corrected chi connectivity index (χ1v) is 5.52. The van der Waals surface area contributed by atoms with Gasteiger partial charge in [-0.05, 0) is 40.6 Å². The number of nitrogens with zero attached hydrogens (tertiary/aromatic N) is 2. The molecule has 0 atom stereocenters. The van der Waals surface area contributed by atoms with Gasteiger partial charge in [-0.2, -0.15) is 5.70 Å². The summed E-state index contributed by atoms with van der Waals surface area (Å²) in [4.78, 5) is 5.48. The van der Waals surface area contributed by atoms with Crippen LogP contribution in [0.15, 0.2) is 11.8 Å². The maximum absolute atomic E-state index is 4.47. The second-order valence-electron chi connectivity index (χ2n) is 4.45. The van der Waals surface area contributed by atoms with Gasteiger partial charge in [-0.3, -0.25) is 0 Å². The van der Waals surface area contributed by atoms with Crippen LogP contribution in [0.3, 0.4) is 0 Å². The Bertz CT molecular complexity index is 232. The van der Waals surface area contributed by atoms with E-state index in [4.69, 9.17) is 0 Å². The zero-order valence-corrected chi connectivity index (χ0v) is 15.1. The average Bonchev–Trinajstić information content (AvgIpc) is 2.00. The Balaban J connectivity index is 0. The Kier molecular flexibility index (Phi) is 12.8. The molecule has 0 aromatic carbocycles. The minimum absolute atomic E-state index is 0. The van der Waals surface area contributed by atoms with E-state index < -0.39 is 0 Å². The minimum atomic E-state index is 0. The van der Waals surface area contributed by atoms with E-state index in [9.17, 15) is 0 Å². The van der Waals surface area contributed by atoms with E-state index in [2.05, 4.69) is 56.2 Å². The molecule has 0 radical (unpaired) electrons. The number of nitrogens with one attached hydrogen (secondary N) is 1. The van der Waals surface area contributed by atoms with Gasteiger partial charge in [0.2, 0.25) is 0 Å². The number of rotatable bonds is 6. The molecule has 0 spiro atoms. The van der Waals surface area contributed by atoms with Crippen LogP contribution in [0.2, 0.25) is 0 Å². The Labute approximate surface area is 138 Å². The quantitative estimate of drug-likeness (QED) is 0.558. The smallest absolute Gasteiger partial charge is 0.687 e. The summed E-state index contributed by atoms with van der Waals surface area (Å²) in [5, 5.41) is 4.47. The van der Waals surface area contributed by atoms with E-state index in [1.807, 2.05) is 6.92 Å². The van der Waals surface area contributed by atoms with Crippen LogP contribution in [0.25, 0.3) is 5.32 Å². The second kappa shape index (κ2) is 10.8. The van der Waals surface area contributed by atoms with Crippen molar-refractivity contribution < 1.29 is 4.99 Å². The molecule has 0 amide bonds. The second-order valence-corrected chi connectivity index (χ2v) is 4.45. The molecule has 0 aromatic heterocycles. The van der Waals surface area contributed by atoms with E-state index in [1.165, 1.54) is 5.71 Å². The SMILES string of the molecule is CC(/C=C(/C)[N-]CCN(C)C)=[NH+]C(C)C.[Sr+2]. The van der Waals surface area contributed by atoms with Crippen molar-refractivity contribution in [2.45, 2.75) is 33.7 Å². The van der Waals surface area contributed by atoms with E-state index >= 15 is 0 Å². The molecule has 3 nitrogen and oxygen atoms in total. The third kappa shape index (κ3) is 12.7. The zero-order valence-electron chi connectivity index (χ0n) is 11.7. The maximum atomic E-state index is 4.47. The van der Waals surface area contributed by atoms with Gasteiger partial charge in [-0.15, -0.1) is 6.54 Å². The van der Waals surface area contributed by atoms with Gasteiger partial charge in [0.15, 0.2) is 5.71 Å². The summed E-state index contributed by atoms with van der Waals surface area (Å²) in [5.41, 5.74) is 2.26. The number of hydrogen-bond donors (Lipinski definition) is 1. The first-order valence-electron chi connectivity index (χ1n) is 5.52. The van der Waals surface area contributed by atoms with Crippen molar-refractivity contribution in [2.24, 2.45) is 0 Å². The van der Waals surface area contributed by atoms with Gasteiger partial charge >= 0.3 is 45.5 Å². The van der Waals surface area contributed by atoms with Crippen molar-refractivity contribution >= 4 is 51.2 Å². The van der Waals surface area contributed by atoms with E-state index in [0.29, 0.717) is 6.04 Å². The topological polar surface area (TPSA) is 31.3 Å². The van der Waals surface area contributed by atoms with Gasteiger partial charge in [0.25, 0.3) is 0 Å². The average molecular weight is 299 g/mol. The number of likely N-dealkylation sites (N-methyl/N-ethyl adjacent to an activating group) is 1. The molecule has 0 saturated carbocycles. The molecule has 4 heteroatoms. The summed E-state index contributed by atoms with van der Waals surface area (Å²) in [7, 11) is 4.12. The molecule has 88 valence electrons. The standard InChI is InChI=1S/C12H24N3.Sr/c1-10(2)14-12(4)9-11(3)13-7-8-15(5)6;/h9-10H,7-8H2,1-6H3;/q-1;+2/p+1/b11-9-,14-12?;. The van der Waals surface area contributed by atoms with Crippen molar-refractivity contribution in [3.05, 3.63) is 17.1 Å². The molecule has 0 bridgehead atoms. The minimum Gasteiger partial charge on any atom is -0.687 e. The predicted octanol–water partition coefficient (Wildman–Crippen LogP) is 0.395. The Morgan fingerprint density at radius 3 is 2.31 bits per heavy atom. The van der Waals surface area contributed by atoms with Gasteiger partial charge in [-0.25, -0.2) is 4.99 Å². The first-order chi connectivity index (χ1) is 6.91. The van der Waals surface area contributed by atoms with Crippen LogP contribution in [0.5, 0.6) is 0 Å². The van der Waals surface area contributed by atoms with Crippen molar-refractivity contribution in [3.8, 4) is 0 Å². The monoisotopic (exact) mass is 299 g/mol. The summed E-state index contributed by atoms with van der Waals surface area (Å²) in [6, 6.07) is 0.482. The number of hydrogen-bond acceptors (Lipinski definition) is 1. The summed E-state index contributed by atoms with van der Waals surface area (Å²) in [6.07, 6.45) is 2.09. The fourth-order valence-electron chi connectivity index (χ4n) is 1.28. The van der Waals surface area contributed by atoms with Gasteiger partial charge < -0.3 is 10.2 Å². The van der Waals surface area contributed by atoms with E-state index in [-0.39, 0.29) is 45.5 Å². The Hall–Kier alpha value is 0.651. The predicted molar refractivity (Wildman–Crippen MR) is 73.1 cm³/mol. The van der Waals surface area contributed by atoms with Crippen LogP contribution in [-0.2, 0) is 0 Å². The summed E-state index contributed by atoms with van der Waals surface area (Å²) >= 11 is 0. The van der Waals surface area contributed by atoms with Crippen LogP contribution in [0, 0.1) is 0 Å². The summed E-state index contributed by atoms with van der Waals surface area (Å²) in [5.74, 6) is 0. The Morgan fingerprint density at radius 1 is 1.31 bits per heavy atom. The van der Waals surface area contributed by atoms with Gasteiger partial charge in [-0.1, -0.05) is 6.92 Å². The van der Waals surface area contributed by atoms with Crippen LogP contribution in [0.4, 0.5) is 0 Å². The van der Waals surface area contributed by atoms with Gasteiger partial charge in [0.05, 0.1) is 0 Å². The molecule has 0 aliphatic rings. The molecule has 0 heterocycles. The normalized spacial score (nSPS) is 13.0. The van der Waals surface area contributed by atoms with Crippen LogP contribution >= 0.6 is 0 Å². The van der Waals surface area contributed by atoms with Gasteiger partial charge in [0, 0.05) is 6.92 Å². The largest absolute Gasteiger partial charge is 2.00 e. The van der Waals surface area contributed by atoms with Crippen LogP contribution in [-0.4, -0.2) is 89.3 Å². The Morgan fingerprint density at radius 2 is 1.88 bits per heavy atom. The molecule has 1 N–H and O–H groups in total. The van der Waals surface area contributed by atoms with E-state index in [1.54, 1.807) is 0 Å². The molecule has 0 aromatic rings. The fourth-order valence-corrected chi connectivity index (χ4v) is 1.28. The molecule has 0 rings (SSSR count). The van der Waals surface area contributed by atoms with Crippen molar-refractivity contribution in [1.82, 2.24) is 4.90 Å². The fraction of sp³-hybridized carbons (Fsp3) is 0.750. The zero-order chi connectivity index (χ0) is 11.8. The molecule has 0 unspecified atom stereocenters. The first kappa shape index (κ1) is 19.0. The molecular weight excluding hydrogens is 274 g/mol. The molecule has 0 aliphatic heterocycles. The third-order valence-electron chi connectivity index (χ3n) is 1.85. The molecule has 0 aliphatic carbocycles. The van der Waals surface area contributed by atoms with E-state index in [0.717, 1.165) is 18.8 Å². The summed E-state index contributed by atoms with van der Waals surface area (Å²) < 4.78 is 0. The van der Waals surface area contributed by atoms with Gasteiger partial charge in [0.1, 0.15) is 6.04 Å². The summed E-state index contributed by atoms with van der Waals surface area (Å²) in [6.45, 7) is 10.3. The molecule has 0 saturated heterocycles. The van der Waals surface area contributed by atoms with Crippen LogP contribution in [0.1, 0.15) is 27.7 Å². The van der Waals surface area contributed by atoms with Crippen molar-refractivity contribution in [1.29, 1.82) is 0 Å². The van der Waals surface area contributed by atoms with Crippen molar-refractivity contribution in [2.75, 3.05) is 27.2 Å².